The molecule has 0 saturated heterocycles. The summed E-state index contributed by atoms with van der Waals surface area (Å²) in [5, 5.41) is 4.12. The maximum Gasteiger partial charge on any atom is 0.156 e. The van der Waals surface area contributed by atoms with E-state index in [9.17, 15) is 0 Å². The lowest BCUT2D eigenvalue weighted by Gasteiger charge is -1.92. The van der Waals surface area contributed by atoms with Gasteiger partial charge in [0.15, 0.2) is 5.65 Å². The minimum atomic E-state index is 0.949. The molecule has 0 unspecified atom stereocenters. The number of aromatic nitrogens is 3. The van der Waals surface area contributed by atoms with Gasteiger partial charge < -0.3 is 0 Å². The molecule has 0 amide bonds. The zero-order valence-electron chi connectivity index (χ0n) is 6.57. The summed E-state index contributed by atoms with van der Waals surface area (Å²) in [6.07, 6.45) is 3.70. The molecule has 11 heavy (non-hydrogen) atoms. The van der Waals surface area contributed by atoms with Gasteiger partial charge in [0.25, 0.3) is 0 Å². The summed E-state index contributed by atoms with van der Waals surface area (Å²) < 4.78 is 1.80. The molecule has 3 nitrogen and oxygen atoms in total. The fraction of sp³-hybridized carbons (Fsp3) is 0.250. The first-order chi connectivity index (χ1) is 5.27. The van der Waals surface area contributed by atoms with Crippen LogP contribution >= 0.6 is 0 Å². The maximum absolute atomic E-state index is 4.31. The number of imidazole rings is 1. The quantitative estimate of drug-likeness (QED) is 0.563. The maximum atomic E-state index is 4.31. The zero-order valence-corrected chi connectivity index (χ0v) is 6.57. The van der Waals surface area contributed by atoms with Crippen molar-refractivity contribution in [2.24, 2.45) is 0 Å². The molecule has 56 valence electrons. The predicted molar refractivity (Wildman–Crippen MR) is 42.5 cm³/mol. The van der Waals surface area contributed by atoms with E-state index in [1.807, 2.05) is 26.1 Å². The molecule has 0 aliphatic carbocycles. The van der Waals surface area contributed by atoms with Crippen molar-refractivity contribution in [3.8, 4) is 0 Å². The molecule has 2 aromatic rings. The minimum absolute atomic E-state index is 0.949. The Bertz CT molecular complexity index is 389. The fourth-order valence-electron chi connectivity index (χ4n) is 1.13. The van der Waals surface area contributed by atoms with Crippen LogP contribution in [-0.4, -0.2) is 14.6 Å². The normalized spacial score (nSPS) is 10.7. The monoisotopic (exact) mass is 147 g/mol. The minimum Gasteiger partial charge on any atom is -0.232 e. The molecular weight excluding hydrogens is 138 g/mol. The molecule has 0 aliphatic rings. The first-order valence-corrected chi connectivity index (χ1v) is 3.55. The highest BCUT2D eigenvalue weighted by atomic mass is 15.2. The number of aryl methyl sites for hydroxylation is 2. The van der Waals surface area contributed by atoms with Crippen molar-refractivity contribution < 1.29 is 0 Å². The van der Waals surface area contributed by atoms with E-state index in [1.165, 1.54) is 0 Å². The van der Waals surface area contributed by atoms with E-state index in [-0.39, 0.29) is 0 Å². The molecule has 0 N–H and O–H groups in total. The summed E-state index contributed by atoms with van der Waals surface area (Å²) in [6.45, 7) is 4.00. The third-order valence-corrected chi connectivity index (χ3v) is 1.68. The van der Waals surface area contributed by atoms with Crippen LogP contribution in [0, 0.1) is 13.8 Å². The molecule has 0 aliphatic heterocycles. The van der Waals surface area contributed by atoms with Gasteiger partial charge in [-0.05, 0) is 25.5 Å². The van der Waals surface area contributed by atoms with E-state index in [2.05, 4.69) is 10.1 Å². The lowest BCUT2D eigenvalue weighted by Crippen LogP contribution is -1.90. The van der Waals surface area contributed by atoms with E-state index in [0.717, 1.165) is 16.9 Å². The van der Waals surface area contributed by atoms with E-state index in [1.54, 1.807) is 10.7 Å². The smallest absolute Gasteiger partial charge is 0.156 e. The van der Waals surface area contributed by atoms with Gasteiger partial charge in [-0.25, -0.2) is 9.50 Å². The summed E-state index contributed by atoms with van der Waals surface area (Å²) >= 11 is 0. The van der Waals surface area contributed by atoms with Crippen LogP contribution in [0.25, 0.3) is 5.65 Å². The summed E-state index contributed by atoms with van der Waals surface area (Å²) in [4.78, 5) is 4.31. The second-order valence-corrected chi connectivity index (χ2v) is 2.66. The van der Waals surface area contributed by atoms with E-state index in [4.69, 9.17) is 0 Å². The molecule has 3 heteroatoms. The van der Waals surface area contributed by atoms with Crippen molar-refractivity contribution in [1.29, 1.82) is 0 Å². The van der Waals surface area contributed by atoms with Crippen molar-refractivity contribution in [3.05, 3.63) is 29.7 Å². The van der Waals surface area contributed by atoms with Gasteiger partial charge in [0.2, 0.25) is 0 Å². The van der Waals surface area contributed by atoms with Crippen molar-refractivity contribution in [3.63, 3.8) is 0 Å². The Hall–Kier alpha value is -1.38. The Morgan fingerprint density at radius 3 is 2.91 bits per heavy atom. The van der Waals surface area contributed by atoms with Crippen LogP contribution in [0.3, 0.4) is 0 Å². The van der Waals surface area contributed by atoms with Crippen LogP contribution < -0.4 is 0 Å². The average molecular weight is 147 g/mol. The summed E-state index contributed by atoms with van der Waals surface area (Å²) in [5.74, 6) is 0. The van der Waals surface area contributed by atoms with Crippen LogP contribution in [0.5, 0.6) is 0 Å². The Balaban J connectivity index is 2.90. The van der Waals surface area contributed by atoms with Gasteiger partial charge in [0, 0.05) is 6.20 Å². The Morgan fingerprint density at radius 1 is 1.36 bits per heavy atom. The van der Waals surface area contributed by atoms with Gasteiger partial charge in [-0.15, -0.1) is 0 Å². The lowest BCUT2D eigenvalue weighted by atomic mass is 10.3. The van der Waals surface area contributed by atoms with Gasteiger partial charge in [0.1, 0.15) is 0 Å². The lowest BCUT2D eigenvalue weighted by molar-refractivity contribution is 0.926. The largest absolute Gasteiger partial charge is 0.232 e. The van der Waals surface area contributed by atoms with E-state index in [0.29, 0.717) is 0 Å². The summed E-state index contributed by atoms with van der Waals surface area (Å²) in [5.41, 5.74) is 3.12. The number of fused-ring (bicyclic) bond motifs is 1. The molecule has 2 aromatic heterocycles. The van der Waals surface area contributed by atoms with E-state index >= 15 is 0 Å². The number of nitrogens with zero attached hydrogens (tertiary/aromatic N) is 3. The third kappa shape index (κ3) is 0.888. The Kier molecular flexibility index (Phi) is 1.18. The van der Waals surface area contributed by atoms with Crippen molar-refractivity contribution in [1.82, 2.24) is 14.6 Å². The Morgan fingerprint density at radius 2 is 2.18 bits per heavy atom. The highest BCUT2D eigenvalue weighted by Crippen LogP contribution is 2.06. The molecule has 2 rings (SSSR count). The fourth-order valence-corrected chi connectivity index (χ4v) is 1.13. The molecular formula is C8H9N3. The highest BCUT2D eigenvalue weighted by molar-refractivity contribution is 5.45. The van der Waals surface area contributed by atoms with Crippen LogP contribution in [0.1, 0.15) is 11.3 Å². The number of hydrogen-bond donors (Lipinski definition) is 0. The second-order valence-electron chi connectivity index (χ2n) is 2.66. The van der Waals surface area contributed by atoms with Crippen molar-refractivity contribution in [2.45, 2.75) is 13.8 Å². The molecule has 0 atom stereocenters. The first kappa shape index (κ1) is 6.34. The van der Waals surface area contributed by atoms with Crippen LogP contribution in [0.15, 0.2) is 18.5 Å². The van der Waals surface area contributed by atoms with Crippen molar-refractivity contribution in [2.75, 3.05) is 0 Å². The van der Waals surface area contributed by atoms with Gasteiger partial charge in [-0.1, -0.05) is 0 Å². The molecule has 0 fully saturated rings. The highest BCUT2D eigenvalue weighted by Gasteiger charge is 1.99. The zero-order chi connectivity index (χ0) is 7.84. The van der Waals surface area contributed by atoms with Crippen LogP contribution in [0.2, 0.25) is 0 Å². The van der Waals surface area contributed by atoms with E-state index < -0.39 is 0 Å². The number of rotatable bonds is 0. The SMILES string of the molecule is Cc1cn2nccc(C)c2n1. The summed E-state index contributed by atoms with van der Waals surface area (Å²) in [7, 11) is 0. The predicted octanol–water partition coefficient (Wildman–Crippen LogP) is 1.35. The van der Waals surface area contributed by atoms with Gasteiger partial charge in [-0.2, -0.15) is 5.10 Å². The molecule has 0 aromatic carbocycles. The molecule has 0 saturated carbocycles. The standard InChI is InChI=1S/C8H9N3/c1-6-3-4-9-11-5-7(2)10-8(6)11/h3-5H,1-2H3. The van der Waals surface area contributed by atoms with Gasteiger partial charge in [-0.3, -0.25) is 0 Å². The molecule has 0 radical (unpaired) electrons. The average Bonchev–Trinajstić information content (AvgIpc) is 2.31. The van der Waals surface area contributed by atoms with Gasteiger partial charge >= 0.3 is 0 Å². The van der Waals surface area contributed by atoms with Crippen LogP contribution in [0.4, 0.5) is 0 Å². The van der Waals surface area contributed by atoms with Crippen LogP contribution in [-0.2, 0) is 0 Å². The number of hydrogen-bond acceptors (Lipinski definition) is 2. The van der Waals surface area contributed by atoms with Crippen molar-refractivity contribution >= 4 is 5.65 Å². The first-order valence-electron chi connectivity index (χ1n) is 3.55. The molecule has 0 spiro atoms. The van der Waals surface area contributed by atoms with Gasteiger partial charge in [0.05, 0.1) is 11.9 Å². The Labute approximate surface area is 64.7 Å². The topological polar surface area (TPSA) is 30.2 Å². The summed E-state index contributed by atoms with van der Waals surface area (Å²) in [6, 6.07) is 1.96. The molecule has 0 bridgehead atoms. The second kappa shape index (κ2) is 2.05. The molecule has 2 heterocycles. The third-order valence-electron chi connectivity index (χ3n) is 1.68.